The summed E-state index contributed by atoms with van der Waals surface area (Å²) in [7, 11) is 0. The molecule has 2 N–H and O–H groups in total. The van der Waals surface area contributed by atoms with E-state index in [1.54, 1.807) is 0 Å². The van der Waals surface area contributed by atoms with Crippen molar-refractivity contribution >= 4 is 5.91 Å². The normalized spacial score (nSPS) is 21.5. The Labute approximate surface area is 170 Å². The third-order valence-corrected chi connectivity index (χ3v) is 6.42. The Hall–Kier alpha value is -1.43. The molecule has 1 aromatic rings. The molecule has 1 aromatic carbocycles. The molecule has 2 aliphatic rings. The molecule has 5 nitrogen and oxygen atoms in total. The molecule has 2 fully saturated rings. The van der Waals surface area contributed by atoms with E-state index in [1.165, 1.54) is 50.9 Å². The summed E-state index contributed by atoms with van der Waals surface area (Å²) in [6.45, 7) is 7.53. The van der Waals surface area contributed by atoms with Crippen LogP contribution in [0.3, 0.4) is 0 Å². The van der Waals surface area contributed by atoms with Crippen molar-refractivity contribution in [3.05, 3.63) is 35.9 Å². The van der Waals surface area contributed by atoms with Gasteiger partial charge in [0.1, 0.15) is 0 Å². The third-order valence-electron chi connectivity index (χ3n) is 6.42. The molecule has 1 amide bonds. The highest BCUT2D eigenvalue weighted by atomic mass is 16.3. The zero-order chi connectivity index (χ0) is 19.8. The molecule has 2 heterocycles. The lowest BCUT2D eigenvalue weighted by atomic mass is 9.92. The zero-order valence-corrected chi connectivity index (χ0v) is 17.4. The van der Waals surface area contributed by atoms with E-state index in [2.05, 4.69) is 45.4 Å². The van der Waals surface area contributed by atoms with E-state index >= 15 is 0 Å². The van der Waals surface area contributed by atoms with E-state index in [1.807, 2.05) is 6.92 Å². The van der Waals surface area contributed by atoms with Crippen molar-refractivity contribution in [2.75, 3.05) is 39.3 Å². The molecule has 3 rings (SSSR count). The topological polar surface area (TPSA) is 55.8 Å². The summed E-state index contributed by atoms with van der Waals surface area (Å²) in [4.78, 5) is 17.5. The van der Waals surface area contributed by atoms with E-state index in [0.717, 1.165) is 25.9 Å². The largest absolute Gasteiger partial charge is 0.394 e. The first-order valence-electron chi connectivity index (χ1n) is 11.1. The molecule has 2 aliphatic heterocycles. The predicted molar refractivity (Wildman–Crippen MR) is 113 cm³/mol. The van der Waals surface area contributed by atoms with Crippen molar-refractivity contribution in [3.8, 4) is 0 Å². The second kappa shape index (κ2) is 10.9. The number of aliphatic hydroxyl groups excluding tert-OH is 1. The Balaban J connectivity index is 1.32. The van der Waals surface area contributed by atoms with Gasteiger partial charge in [0, 0.05) is 18.0 Å². The highest BCUT2D eigenvalue weighted by Gasteiger charge is 2.30. The van der Waals surface area contributed by atoms with Gasteiger partial charge in [0.2, 0.25) is 5.91 Å². The van der Waals surface area contributed by atoms with E-state index in [4.69, 9.17) is 5.11 Å². The monoisotopic (exact) mass is 387 g/mol. The fourth-order valence-corrected chi connectivity index (χ4v) is 4.59. The Morgan fingerprint density at radius 2 is 1.79 bits per heavy atom. The van der Waals surface area contributed by atoms with E-state index in [9.17, 15) is 4.79 Å². The van der Waals surface area contributed by atoms with Gasteiger partial charge in [-0.1, -0.05) is 30.3 Å². The van der Waals surface area contributed by atoms with Crippen LogP contribution in [0.4, 0.5) is 0 Å². The molecule has 156 valence electrons. The van der Waals surface area contributed by atoms with Crippen molar-refractivity contribution in [1.29, 1.82) is 0 Å². The summed E-state index contributed by atoms with van der Waals surface area (Å²) < 4.78 is 0. The number of aliphatic hydroxyl groups is 1. The predicted octanol–water partition coefficient (Wildman–Crippen LogP) is 2.29. The number of hydrogen-bond donors (Lipinski definition) is 2. The molecule has 0 unspecified atom stereocenters. The average molecular weight is 388 g/mol. The number of benzene rings is 1. The fourth-order valence-electron chi connectivity index (χ4n) is 4.59. The maximum atomic E-state index is 12.2. The van der Waals surface area contributed by atoms with Gasteiger partial charge in [-0.2, -0.15) is 0 Å². The average Bonchev–Trinajstić information content (AvgIpc) is 2.75. The van der Waals surface area contributed by atoms with Crippen LogP contribution in [0.15, 0.2) is 30.3 Å². The number of likely N-dealkylation sites (tertiary alicyclic amines) is 2. The highest BCUT2D eigenvalue weighted by Crippen LogP contribution is 2.24. The standard InChI is InChI=1S/C23H37N3O2/c1-19(18-27)24-23(28)21-9-16-26(17-10-21)22-11-14-25(15-12-22)13-5-8-20-6-3-2-4-7-20/h2-4,6-7,19,21-22,27H,5,8-18H2,1H3,(H,24,28)/t19-/m1/s1. The number of carbonyl (C=O) groups excluding carboxylic acids is 1. The van der Waals surface area contributed by atoms with Gasteiger partial charge in [0.15, 0.2) is 0 Å². The number of amides is 1. The minimum Gasteiger partial charge on any atom is -0.394 e. The van der Waals surface area contributed by atoms with Gasteiger partial charge >= 0.3 is 0 Å². The molecule has 0 radical (unpaired) electrons. The van der Waals surface area contributed by atoms with Crippen molar-refractivity contribution in [2.24, 2.45) is 5.92 Å². The number of nitrogens with zero attached hydrogens (tertiary/aromatic N) is 2. The Bertz CT molecular complexity index is 579. The fraction of sp³-hybridized carbons (Fsp3) is 0.696. The Kier molecular flexibility index (Phi) is 8.31. The molecule has 0 aliphatic carbocycles. The van der Waals surface area contributed by atoms with E-state index in [-0.39, 0.29) is 24.5 Å². The van der Waals surface area contributed by atoms with Crippen LogP contribution in [0.25, 0.3) is 0 Å². The maximum absolute atomic E-state index is 12.2. The molecule has 0 bridgehead atoms. The van der Waals surface area contributed by atoms with Crippen LogP contribution >= 0.6 is 0 Å². The number of aryl methyl sites for hydroxylation is 1. The SMILES string of the molecule is C[C@H](CO)NC(=O)C1CCN(C2CCN(CCCc3ccccc3)CC2)CC1. The maximum Gasteiger partial charge on any atom is 0.223 e. The number of carbonyl (C=O) groups is 1. The van der Waals surface area contributed by atoms with Gasteiger partial charge in [-0.05, 0) is 83.7 Å². The van der Waals surface area contributed by atoms with E-state index in [0.29, 0.717) is 6.04 Å². The summed E-state index contributed by atoms with van der Waals surface area (Å²) in [5, 5.41) is 12.0. The quantitative estimate of drug-likeness (QED) is 0.719. The smallest absolute Gasteiger partial charge is 0.223 e. The molecule has 5 heteroatoms. The zero-order valence-electron chi connectivity index (χ0n) is 17.4. The summed E-state index contributed by atoms with van der Waals surface area (Å²) in [5.41, 5.74) is 1.44. The Morgan fingerprint density at radius 1 is 1.11 bits per heavy atom. The van der Waals surface area contributed by atoms with Gasteiger partial charge in [-0.15, -0.1) is 0 Å². The van der Waals surface area contributed by atoms with Crippen LogP contribution in [0.2, 0.25) is 0 Å². The summed E-state index contributed by atoms with van der Waals surface area (Å²) in [6.07, 6.45) is 6.81. The molecule has 0 spiro atoms. The van der Waals surface area contributed by atoms with Crippen molar-refractivity contribution < 1.29 is 9.90 Å². The highest BCUT2D eigenvalue weighted by molar-refractivity contribution is 5.79. The van der Waals surface area contributed by atoms with Gasteiger partial charge in [0.25, 0.3) is 0 Å². The van der Waals surface area contributed by atoms with Crippen LogP contribution in [-0.2, 0) is 11.2 Å². The molecular formula is C23H37N3O2. The number of hydrogen-bond acceptors (Lipinski definition) is 4. The molecular weight excluding hydrogens is 350 g/mol. The van der Waals surface area contributed by atoms with Gasteiger partial charge in [0.05, 0.1) is 6.61 Å². The van der Waals surface area contributed by atoms with Crippen LogP contribution in [0, 0.1) is 5.92 Å². The first kappa shape index (κ1) is 21.3. The van der Waals surface area contributed by atoms with Crippen molar-refractivity contribution in [3.63, 3.8) is 0 Å². The lowest BCUT2D eigenvalue weighted by molar-refractivity contribution is -0.127. The van der Waals surface area contributed by atoms with Crippen molar-refractivity contribution in [2.45, 2.75) is 57.5 Å². The molecule has 0 aromatic heterocycles. The Morgan fingerprint density at radius 3 is 2.43 bits per heavy atom. The third kappa shape index (κ3) is 6.29. The molecule has 1 atom stereocenters. The molecule has 2 saturated heterocycles. The first-order valence-corrected chi connectivity index (χ1v) is 11.1. The van der Waals surface area contributed by atoms with E-state index < -0.39 is 0 Å². The first-order chi connectivity index (χ1) is 13.7. The lowest BCUT2D eigenvalue weighted by Crippen LogP contribution is -2.50. The number of piperidine rings is 2. The lowest BCUT2D eigenvalue weighted by Gasteiger charge is -2.41. The van der Waals surface area contributed by atoms with Gasteiger partial charge in [-0.3, -0.25) is 4.79 Å². The minimum atomic E-state index is -0.142. The van der Waals surface area contributed by atoms with Crippen LogP contribution in [-0.4, -0.2) is 72.2 Å². The summed E-state index contributed by atoms with van der Waals surface area (Å²) in [6, 6.07) is 11.3. The van der Waals surface area contributed by atoms with Crippen LogP contribution in [0.5, 0.6) is 0 Å². The molecule has 28 heavy (non-hydrogen) atoms. The van der Waals surface area contributed by atoms with Gasteiger partial charge in [-0.25, -0.2) is 0 Å². The number of nitrogens with one attached hydrogen (secondary N) is 1. The summed E-state index contributed by atoms with van der Waals surface area (Å²) >= 11 is 0. The second-order valence-electron chi connectivity index (χ2n) is 8.56. The molecule has 0 saturated carbocycles. The van der Waals surface area contributed by atoms with Crippen molar-refractivity contribution in [1.82, 2.24) is 15.1 Å². The van der Waals surface area contributed by atoms with Crippen LogP contribution < -0.4 is 5.32 Å². The van der Waals surface area contributed by atoms with Gasteiger partial charge < -0.3 is 20.2 Å². The second-order valence-corrected chi connectivity index (χ2v) is 8.56. The minimum absolute atomic E-state index is 0.00844. The van der Waals surface area contributed by atoms with Crippen LogP contribution in [0.1, 0.15) is 44.6 Å². The number of rotatable bonds is 8. The summed E-state index contributed by atoms with van der Waals surface area (Å²) in [5.74, 6) is 0.234.